The highest BCUT2D eigenvalue weighted by Crippen LogP contribution is 2.32. The van der Waals surface area contributed by atoms with Crippen LogP contribution in [-0.4, -0.2) is 38.0 Å². The molecule has 0 fully saturated rings. The maximum atomic E-state index is 12.8. The van der Waals surface area contributed by atoms with Crippen molar-refractivity contribution < 1.29 is 28.5 Å². The Morgan fingerprint density at radius 3 is 1.17 bits per heavy atom. The van der Waals surface area contributed by atoms with Gasteiger partial charge >= 0.3 is 0 Å². The van der Waals surface area contributed by atoms with Crippen LogP contribution in [0.25, 0.3) is 0 Å². The van der Waals surface area contributed by atoms with E-state index in [1.54, 1.807) is 60.7 Å². The number of ether oxygens (including phenoxy) is 4. The number of hydrogen-bond donors (Lipinski definition) is 0. The largest absolute Gasteiger partial charge is 0.486 e. The second kappa shape index (κ2) is 10.8. The average Bonchev–Trinajstić information content (AvgIpc) is 2.93. The Morgan fingerprint density at radius 1 is 0.417 bits per heavy atom. The maximum absolute atomic E-state index is 12.8. The van der Waals surface area contributed by atoms with Crippen LogP contribution in [0.15, 0.2) is 97.1 Å². The van der Waals surface area contributed by atoms with Crippen molar-refractivity contribution in [3.05, 3.63) is 119 Å². The molecule has 0 saturated heterocycles. The molecule has 0 unspecified atom stereocenters. The quantitative estimate of drug-likeness (QED) is 0.366. The van der Waals surface area contributed by atoms with Crippen LogP contribution in [0.1, 0.15) is 31.8 Å². The van der Waals surface area contributed by atoms with Gasteiger partial charge < -0.3 is 18.9 Å². The van der Waals surface area contributed by atoms with Gasteiger partial charge in [0.15, 0.2) is 34.6 Å². The zero-order valence-corrected chi connectivity index (χ0v) is 19.5. The summed E-state index contributed by atoms with van der Waals surface area (Å²) in [4.78, 5) is 25.7. The van der Waals surface area contributed by atoms with E-state index in [1.807, 2.05) is 36.4 Å². The Labute approximate surface area is 209 Å². The minimum Gasteiger partial charge on any atom is -0.486 e. The number of rotatable bonds is 4. The van der Waals surface area contributed by atoms with E-state index in [2.05, 4.69) is 0 Å². The molecule has 0 aromatic heterocycles. The summed E-state index contributed by atoms with van der Waals surface area (Å²) in [5, 5.41) is 0. The van der Waals surface area contributed by atoms with E-state index in [4.69, 9.17) is 18.9 Å². The van der Waals surface area contributed by atoms with Crippen LogP contribution in [0.5, 0.6) is 23.0 Å². The number of benzene rings is 4. The molecule has 0 aliphatic carbocycles. The highest BCUT2D eigenvalue weighted by atomic mass is 16.6. The molecule has 0 bridgehead atoms. The molecule has 0 amide bonds. The predicted molar refractivity (Wildman–Crippen MR) is 135 cm³/mol. The summed E-state index contributed by atoms with van der Waals surface area (Å²) in [6.45, 7) is 0.921. The summed E-state index contributed by atoms with van der Waals surface area (Å²) >= 11 is 0. The molecule has 1 heterocycles. The molecule has 1 aliphatic heterocycles. The molecule has 0 N–H and O–H groups in total. The fraction of sp³-hybridized carbons (Fsp3) is 0.133. The van der Waals surface area contributed by atoms with Crippen LogP contribution in [-0.2, 0) is 0 Å². The van der Waals surface area contributed by atoms with Crippen molar-refractivity contribution in [2.24, 2.45) is 0 Å². The van der Waals surface area contributed by atoms with Crippen LogP contribution < -0.4 is 18.9 Å². The Bertz CT molecular complexity index is 1260. The zero-order chi connectivity index (χ0) is 24.7. The summed E-state index contributed by atoms with van der Waals surface area (Å²) < 4.78 is 23.6. The molecular formula is C30H24O6. The lowest BCUT2D eigenvalue weighted by atomic mass is 10.0. The zero-order valence-electron chi connectivity index (χ0n) is 19.5. The molecule has 180 valence electrons. The van der Waals surface area contributed by atoms with Gasteiger partial charge in [-0.05, 0) is 36.4 Å². The van der Waals surface area contributed by atoms with Gasteiger partial charge in [0.2, 0.25) is 0 Å². The van der Waals surface area contributed by atoms with Gasteiger partial charge in [-0.15, -0.1) is 0 Å². The second-order valence-electron chi connectivity index (χ2n) is 8.11. The third kappa shape index (κ3) is 5.23. The van der Waals surface area contributed by atoms with Gasteiger partial charge in [0, 0.05) is 22.3 Å². The van der Waals surface area contributed by atoms with Gasteiger partial charge in [0.05, 0.1) is 0 Å². The van der Waals surface area contributed by atoms with E-state index in [1.165, 1.54) is 0 Å². The molecule has 4 aromatic carbocycles. The molecule has 4 aromatic rings. The third-order valence-electron chi connectivity index (χ3n) is 5.68. The molecule has 0 saturated carbocycles. The predicted octanol–water partition coefficient (Wildman–Crippen LogP) is 5.38. The monoisotopic (exact) mass is 480 g/mol. The standard InChI is InChI=1S/C30H24O6/c31-29(21-7-3-1-4-8-21)23-11-13-25-27(19-23)35-17-15-34-26-14-12-24(20-28(26)36-18-16-33-25)30(32)22-9-5-2-6-10-22/h1-14,19-20H,15-18H2. The van der Waals surface area contributed by atoms with Crippen molar-refractivity contribution in [3.8, 4) is 23.0 Å². The number of hydrogen-bond acceptors (Lipinski definition) is 6. The Morgan fingerprint density at radius 2 is 0.778 bits per heavy atom. The van der Waals surface area contributed by atoms with Crippen molar-refractivity contribution in [2.45, 2.75) is 0 Å². The lowest BCUT2D eigenvalue weighted by Gasteiger charge is -2.18. The lowest BCUT2D eigenvalue weighted by molar-refractivity contribution is 0.103. The van der Waals surface area contributed by atoms with E-state index in [0.29, 0.717) is 45.3 Å². The van der Waals surface area contributed by atoms with Gasteiger partial charge in [0.1, 0.15) is 26.4 Å². The first-order chi connectivity index (χ1) is 17.7. The van der Waals surface area contributed by atoms with Crippen LogP contribution >= 0.6 is 0 Å². The third-order valence-corrected chi connectivity index (χ3v) is 5.68. The Balaban J connectivity index is 1.32. The van der Waals surface area contributed by atoms with Crippen molar-refractivity contribution in [3.63, 3.8) is 0 Å². The SMILES string of the molecule is O=C(c1ccccc1)c1ccc2c(c1)OCCOc1ccc(C(=O)c3ccccc3)cc1OCCO2. The first-order valence-electron chi connectivity index (χ1n) is 11.7. The topological polar surface area (TPSA) is 71.1 Å². The summed E-state index contributed by atoms with van der Waals surface area (Å²) in [5.41, 5.74) is 2.22. The molecule has 6 nitrogen and oxygen atoms in total. The van der Waals surface area contributed by atoms with E-state index in [9.17, 15) is 9.59 Å². The smallest absolute Gasteiger partial charge is 0.193 e. The first-order valence-corrected chi connectivity index (χ1v) is 11.7. The average molecular weight is 481 g/mol. The Hall–Kier alpha value is -4.58. The minimum absolute atomic E-state index is 0.0949. The lowest BCUT2D eigenvalue weighted by Crippen LogP contribution is -2.15. The molecule has 1 aliphatic rings. The van der Waals surface area contributed by atoms with Crippen molar-refractivity contribution in [1.29, 1.82) is 0 Å². The molecule has 0 spiro atoms. The molecule has 0 radical (unpaired) electrons. The van der Waals surface area contributed by atoms with E-state index in [-0.39, 0.29) is 38.0 Å². The van der Waals surface area contributed by atoms with E-state index < -0.39 is 0 Å². The van der Waals surface area contributed by atoms with Gasteiger partial charge in [-0.1, -0.05) is 60.7 Å². The van der Waals surface area contributed by atoms with Crippen LogP contribution in [0.2, 0.25) is 0 Å². The molecule has 6 heteroatoms. The number of carbonyl (C=O) groups excluding carboxylic acids is 2. The fourth-order valence-corrected chi connectivity index (χ4v) is 3.88. The number of fused-ring (bicyclic) bond motifs is 2. The normalized spacial score (nSPS) is 13.1. The Kier molecular flexibility index (Phi) is 6.94. The maximum Gasteiger partial charge on any atom is 0.193 e. The van der Waals surface area contributed by atoms with Crippen molar-refractivity contribution >= 4 is 11.6 Å². The first kappa shape index (κ1) is 23.2. The molecule has 0 atom stereocenters. The highest BCUT2D eigenvalue weighted by Gasteiger charge is 2.17. The van der Waals surface area contributed by atoms with Crippen molar-refractivity contribution in [1.82, 2.24) is 0 Å². The number of carbonyl (C=O) groups is 2. The summed E-state index contributed by atoms with van der Waals surface area (Å²) in [7, 11) is 0. The van der Waals surface area contributed by atoms with E-state index >= 15 is 0 Å². The van der Waals surface area contributed by atoms with Gasteiger partial charge in [0.25, 0.3) is 0 Å². The molecule has 36 heavy (non-hydrogen) atoms. The van der Waals surface area contributed by atoms with Gasteiger partial charge in [-0.3, -0.25) is 9.59 Å². The molecular weight excluding hydrogens is 456 g/mol. The molecule has 5 rings (SSSR count). The van der Waals surface area contributed by atoms with Crippen LogP contribution in [0.3, 0.4) is 0 Å². The highest BCUT2D eigenvalue weighted by molar-refractivity contribution is 6.09. The van der Waals surface area contributed by atoms with E-state index in [0.717, 1.165) is 0 Å². The second-order valence-corrected chi connectivity index (χ2v) is 8.11. The van der Waals surface area contributed by atoms with Crippen LogP contribution in [0.4, 0.5) is 0 Å². The number of ketones is 2. The summed E-state index contributed by atoms with van der Waals surface area (Å²) in [6.07, 6.45) is 0. The van der Waals surface area contributed by atoms with Crippen molar-refractivity contribution in [2.75, 3.05) is 26.4 Å². The summed E-state index contributed by atoms with van der Waals surface area (Å²) in [5.74, 6) is 1.76. The minimum atomic E-state index is -0.0949. The van der Waals surface area contributed by atoms with Crippen LogP contribution in [0, 0.1) is 0 Å². The van der Waals surface area contributed by atoms with Gasteiger partial charge in [-0.25, -0.2) is 0 Å². The van der Waals surface area contributed by atoms with Gasteiger partial charge in [-0.2, -0.15) is 0 Å². The summed E-state index contributed by atoms with van der Waals surface area (Å²) in [6, 6.07) is 28.4. The fourth-order valence-electron chi connectivity index (χ4n) is 3.88.